The first-order valence-electron chi connectivity index (χ1n) is 8.90. The first-order valence-corrected chi connectivity index (χ1v) is 10.1. The van der Waals surface area contributed by atoms with E-state index in [2.05, 4.69) is 35.8 Å². The molecule has 0 aromatic rings. The molecule has 1 heterocycles. The van der Waals surface area contributed by atoms with Crippen molar-refractivity contribution in [3.8, 4) is 0 Å². The Bertz CT molecular complexity index is 253. The van der Waals surface area contributed by atoms with Gasteiger partial charge in [0.2, 0.25) is 0 Å². The van der Waals surface area contributed by atoms with Gasteiger partial charge in [-0.1, -0.05) is 39.5 Å². The quantitative estimate of drug-likeness (QED) is 0.720. The summed E-state index contributed by atoms with van der Waals surface area (Å²) in [4.78, 5) is 2.81. The SMILES string of the molecule is CCCC1CNC(C2CCCCC2)CN1CCSCC. The molecule has 2 fully saturated rings. The van der Waals surface area contributed by atoms with E-state index in [0.717, 1.165) is 18.0 Å². The number of piperazine rings is 1. The zero-order valence-electron chi connectivity index (χ0n) is 13.6. The summed E-state index contributed by atoms with van der Waals surface area (Å²) in [6.45, 7) is 8.43. The second-order valence-corrected chi connectivity index (χ2v) is 7.94. The lowest BCUT2D eigenvalue weighted by Gasteiger charge is -2.44. The molecule has 1 saturated heterocycles. The summed E-state index contributed by atoms with van der Waals surface area (Å²) < 4.78 is 0. The lowest BCUT2D eigenvalue weighted by atomic mass is 9.82. The van der Waals surface area contributed by atoms with Gasteiger partial charge in [-0.15, -0.1) is 0 Å². The monoisotopic (exact) mass is 298 g/mol. The fourth-order valence-electron chi connectivity index (χ4n) is 3.95. The molecule has 0 aromatic carbocycles. The van der Waals surface area contributed by atoms with Gasteiger partial charge in [-0.3, -0.25) is 4.90 Å². The molecule has 1 N–H and O–H groups in total. The van der Waals surface area contributed by atoms with Gasteiger partial charge < -0.3 is 5.32 Å². The summed E-state index contributed by atoms with van der Waals surface area (Å²) in [5.74, 6) is 3.53. The third-order valence-electron chi connectivity index (χ3n) is 5.13. The molecule has 0 bridgehead atoms. The molecule has 0 radical (unpaired) electrons. The van der Waals surface area contributed by atoms with Gasteiger partial charge in [0.25, 0.3) is 0 Å². The summed E-state index contributed by atoms with van der Waals surface area (Å²) in [5.41, 5.74) is 0. The molecular formula is C17H34N2S. The molecule has 2 aliphatic rings. The zero-order chi connectivity index (χ0) is 14.2. The largest absolute Gasteiger partial charge is 0.311 e. The topological polar surface area (TPSA) is 15.3 Å². The average molecular weight is 299 g/mol. The van der Waals surface area contributed by atoms with Crippen LogP contribution in [0.25, 0.3) is 0 Å². The predicted molar refractivity (Wildman–Crippen MR) is 91.6 cm³/mol. The summed E-state index contributed by atoms with van der Waals surface area (Å²) in [5, 5.41) is 3.90. The number of nitrogens with zero attached hydrogens (tertiary/aromatic N) is 1. The van der Waals surface area contributed by atoms with Crippen LogP contribution in [0.4, 0.5) is 0 Å². The van der Waals surface area contributed by atoms with Crippen LogP contribution in [0.2, 0.25) is 0 Å². The first kappa shape index (κ1) is 16.6. The number of hydrogen-bond acceptors (Lipinski definition) is 3. The molecule has 2 atom stereocenters. The summed E-state index contributed by atoms with van der Waals surface area (Å²) in [7, 11) is 0. The van der Waals surface area contributed by atoms with Crippen LogP contribution in [0, 0.1) is 5.92 Å². The van der Waals surface area contributed by atoms with Crippen molar-refractivity contribution in [2.24, 2.45) is 5.92 Å². The molecule has 1 aliphatic carbocycles. The third-order valence-corrected chi connectivity index (χ3v) is 6.01. The van der Waals surface area contributed by atoms with E-state index in [1.807, 2.05) is 0 Å². The molecule has 0 spiro atoms. The standard InChI is InChI=1S/C17H34N2S/c1-3-8-16-13-18-17(15-9-6-5-7-10-15)14-19(16)11-12-20-4-2/h15-18H,3-14H2,1-2H3. The van der Waals surface area contributed by atoms with Gasteiger partial charge in [-0.05, 0) is 30.9 Å². The molecule has 2 nitrogen and oxygen atoms in total. The Morgan fingerprint density at radius 1 is 1.15 bits per heavy atom. The van der Waals surface area contributed by atoms with E-state index in [9.17, 15) is 0 Å². The van der Waals surface area contributed by atoms with Crippen molar-refractivity contribution in [3.05, 3.63) is 0 Å². The Hall–Kier alpha value is 0.270. The Kier molecular flexibility index (Phi) is 7.75. The summed E-state index contributed by atoms with van der Waals surface area (Å²) >= 11 is 2.10. The van der Waals surface area contributed by atoms with Gasteiger partial charge in [0.05, 0.1) is 0 Å². The molecule has 20 heavy (non-hydrogen) atoms. The van der Waals surface area contributed by atoms with Crippen LogP contribution in [-0.2, 0) is 0 Å². The number of rotatable bonds is 7. The highest BCUT2D eigenvalue weighted by atomic mass is 32.2. The summed E-state index contributed by atoms with van der Waals surface area (Å²) in [6.07, 6.45) is 10.0. The van der Waals surface area contributed by atoms with E-state index < -0.39 is 0 Å². The van der Waals surface area contributed by atoms with Crippen LogP contribution in [0.3, 0.4) is 0 Å². The fraction of sp³-hybridized carbons (Fsp3) is 1.00. The molecular weight excluding hydrogens is 264 g/mol. The summed E-state index contributed by atoms with van der Waals surface area (Å²) in [6, 6.07) is 1.56. The molecule has 2 rings (SSSR count). The number of hydrogen-bond donors (Lipinski definition) is 1. The Labute approximate surface area is 130 Å². The van der Waals surface area contributed by atoms with Crippen LogP contribution >= 0.6 is 11.8 Å². The van der Waals surface area contributed by atoms with Crippen LogP contribution in [0.15, 0.2) is 0 Å². The first-order chi connectivity index (χ1) is 9.85. The molecule has 0 aromatic heterocycles. The minimum atomic E-state index is 0.773. The van der Waals surface area contributed by atoms with Crippen molar-refractivity contribution in [2.45, 2.75) is 70.9 Å². The average Bonchev–Trinajstić information content (AvgIpc) is 2.50. The highest BCUT2D eigenvalue weighted by Crippen LogP contribution is 2.29. The Morgan fingerprint density at radius 2 is 1.95 bits per heavy atom. The van der Waals surface area contributed by atoms with Gasteiger partial charge >= 0.3 is 0 Å². The van der Waals surface area contributed by atoms with E-state index in [4.69, 9.17) is 0 Å². The van der Waals surface area contributed by atoms with Crippen molar-refractivity contribution >= 4 is 11.8 Å². The van der Waals surface area contributed by atoms with Crippen molar-refractivity contribution < 1.29 is 0 Å². The number of nitrogens with one attached hydrogen (secondary N) is 1. The van der Waals surface area contributed by atoms with Crippen LogP contribution in [0.5, 0.6) is 0 Å². The molecule has 2 unspecified atom stereocenters. The maximum atomic E-state index is 3.90. The minimum Gasteiger partial charge on any atom is -0.311 e. The fourth-order valence-corrected chi connectivity index (χ4v) is 4.61. The van der Waals surface area contributed by atoms with Crippen molar-refractivity contribution in [3.63, 3.8) is 0 Å². The van der Waals surface area contributed by atoms with Crippen LogP contribution in [-0.4, -0.2) is 48.1 Å². The Morgan fingerprint density at radius 3 is 2.65 bits per heavy atom. The van der Waals surface area contributed by atoms with Gasteiger partial charge in [0.1, 0.15) is 0 Å². The maximum absolute atomic E-state index is 3.90. The normalized spacial score (nSPS) is 29.7. The van der Waals surface area contributed by atoms with Crippen LogP contribution in [0.1, 0.15) is 58.8 Å². The molecule has 1 saturated carbocycles. The number of thioether (sulfide) groups is 1. The molecule has 1 aliphatic heterocycles. The maximum Gasteiger partial charge on any atom is 0.0224 e. The van der Waals surface area contributed by atoms with E-state index >= 15 is 0 Å². The third kappa shape index (κ3) is 4.92. The molecule has 118 valence electrons. The van der Waals surface area contributed by atoms with Crippen molar-refractivity contribution in [2.75, 3.05) is 31.1 Å². The van der Waals surface area contributed by atoms with Gasteiger partial charge in [-0.25, -0.2) is 0 Å². The molecule has 0 amide bonds. The van der Waals surface area contributed by atoms with Gasteiger partial charge in [0, 0.05) is 37.5 Å². The Balaban J connectivity index is 1.84. The second kappa shape index (κ2) is 9.32. The highest BCUT2D eigenvalue weighted by Gasteiger charge is 2.31. The second-order valence-electron chi connectivity index (χ2n) is 6.55. The lowest BCUT2D eigenvalue weighted by molar-refractivity contribution is 0.0967. The zero-order valence-corrected chi connectivity index (χ0v) is 14.4. The van der Waals surface area contributed by atoms with Gasteiger partial charge in [-0.2, -0.15) is 11.8 Å². The lowest BCUT2D eigenvalue weighted by Crippen LogP contribution is -2.59. The smallest absolute Gasteiger partial charge is 0.0224 e. The predicted octanol–water partition coefficient (Wildman–Crippen LogP) is 3.76. The molecule has 3 heteroatoms. The van der Waals surface area contributed by atoms with E-state index in [1.165, 1.54) is 76.1 Å². The van der Waals surface area contributed by atoms with Crippen molar-refractivity contribution in [1.82, 2.24) is 10.2 Å². The highest BCUT2D eigenvalue weighted by molar-refractivity contribution is 7.99. The van der Waals surface area contributed by atoms with Crippen LogP contribution < -0.4 is 5.32 Å². The van der Waals surface area contributed by atoms with E-state index in [-0.39, 0.29) is 0 Å². The van der Waals surface area contributed by atoms with E-state index in [0.29, 0.717) is 0 Å². The van der Waals surface area contributed by atoms with Gasteiger partial charge in [0.15, 0.2) is 0 Å². The van der Waals surface area contributed by atoms with E-state index in [1.54, 1.807) is 0 Å². The minimum absolute atomic E-state index is 0.773. The van der Waals surface area contributed by atoms with Crippen molar-refractivity contribution in [1.29, 1.82) is 0 Å².